The maximum absolute atomic E-state index is 12.7. The Labute approximate surface area is 604 Å². The van der Waals surface area contributed by atoms with Gasteiger partial charge in [-0.1, -0.05) is 0 Å². The fourth-order valence-electron chi connectivity index (χ4n) is 12.0. The van der Waals surface area contributed by atoms with Gasteiger partial charge in [-0.3, -0.25) is 19.2 Å². The van der Waals surface area contributed by atoms with Crippen molar-refractivity contribution in [3.05, 3.63) is 239 Å². The van der Waals surface area contributed by atoms with Crippen LogP contribution in [0, 0.1) is 0 Å². The quantitative estimate of drug-likeness (QED) is 0.0376. The van der Waals surface area contributed by atoms with E-state index in [-0.39, 0.29) is 50.1 Å². The number of hydrogen-bond acceptors (Lipinski definition) is 12. The van der Waals surface area contributed by atoms with Crippen LogP contribution in [0.1, 0.15) is 174 Å². The molecule has 8 aromatic carbocycles. The van der Waals surface area contributed by atoms with Gasteiger partial charge in [0.25, 0.3) is 0 Å². The van der Waals surface area contributed by atoms with Gasteiger partial charge in [-0.05, 0) is 305 Å². The second-order valence-electron chi connectivity index (χ2n) is 23.1. The van der Waals surface area contributed by atoms with Crippen LogP contribution < -0.4 is 39.2 Å². The summed E-state index contributed by atoms with van der Waals surface area (Å²) in [5.41, 5.74) is 15.2. The van der Waals surface area contributed by atoms with Crippen molar-refractivity contribution in [1.29, 1.82) is 0 Å². The van der Waals surface area contributed by atoms with Crippen molar-refractivity contribution >= 4 is 95.6 Å². The maximum Gasteiger partial charge on any atom is 0.193 e. The highest BCUT2D eigenvalue weighted by molar-refractivity contribution is 7.37. The van der Waals surface area contributed by atoms with Crippen LogP contribution in [-0.2, 0) is 27.0 Å². The van der Waals surface area contributed by atoms with Crippen LogP contribution in [0.25, 0.3) is 0 Å². The Balaban J connectivity index is 0.000000338. The van der Waals surface area contributed by atoms with E-state index in [1.807, 2.05) is 194 Å². The molecular weight excluding hydrogens is 1250 g/mol. The van der Waals surface area contributed by atoms with Gasteiger partial charge < -0.3 is 66.2 Å². The van der Waals surface area contributed by atoms with E-state index in [4.69, 9.17) is 0 Å². The monoisotopic (exact) mass is 1360 g/mol. The van der Waals surface area contributed by atoms with Crippen molar-refractivity contribution in [2.24, 2.45) is 0 Å². The average molecular weight is 1360 g/mol. The van der Waals surface area contributed by atoms with Crippen LogP contribution in [0.2, 0.25) is 0 Å². The first-order chi connectivity index (χ1) is 46.6. The van der Waals surface area contributed by atoms with Gasteiger partial charge in [0.15, 0.2) is 23.1 Å². The molecule has 0 aliphatic rings. The fourth-order valence-corrected chi connectivity index (χ4v) is 12.0. The largest absolute Gasteiger partial charge is 2.00 e. The van der Waals surface area contributed by atoms with Gasteiger partial charge in [0.2, 0.25) is 0 Å². The first-order valence-corrected chi connectivity index (χ1v) is 35.5. The lowest BCUT2D eigenvalue weighted by Gasteiger charge is -2.21. The van der Waals surface area contributed by atoms with E-state index in [2.05, 4.69) is 150 Å². The van der Waals surface area contributed by atoms with Gasteiger partial charge in [-0.15, -0.1) is 0 Å². The predicted octanol–water partition coefficient (Wildman–Crippen LogP) is 18.4. The summed E-state index contributed by atoms with van der Waals surface area (Å²) in [7, 11) is 0. The molecule has 0 aliphatic heterocycles. The maximum atomic E-state index is 12.7. The highest BCUT2D eigenvalue weighted by Gasteiger charge is 2.16. The van der Waals surface area contributed by atoms with Crippen LogP contribution in [-0.4, -0.2) is 128 Å². The third kappa shape index (κ3) is 23.4. The molecule has 0 fully saturated rings. The SMILES string of the molecule is CCN(CC)c1ccc(C(=O)c2ccc(N(CC)CC)cc2)cc1.CCN(CC)c1ccc(C(=O)c2ccc(N(CC)CC)cc2)cc1.CCN(CC)c1ccc(C(=O)c2ccc(N(CC)CC)cc2)cc1.CCN(CC)c1ccc(C(=O)c2ccc(N(CC)CC)cc2)cc1.[S-2].[S-2]. The summed E-state index contributed by atoms with van der Waals surface area (Å²) in [4.78, 5) is 68.8. The van der Waals surface area contributed by atoms with Gasteiger partial charge in [0.1, 0.15) is 0 Å². The molecule has 0 atom stereocenters. The van der Waals surface area contributed by atoms with Gasteiger partial charge in [-0.25, -0.2) is 0 Å². The van der Waals surface area contributed by atoms with E-state index in [0.29, 0.717) is 0 Å². The summed E-state index contributed by atoms with van der Waals surface area (Å²) < 4.78 is 0. The molecule has 0 aromatic heterocycles. The second kappa shape index (κ2) is 44.5. The Kier molecular flexibility index (Phi) is 38.0. The topological polar surface area (TPSA) is 94.2 Å². The fraction of sp³-hybridized carbons (Fsp3) is 0.381. The summed E-state index contributed by atoms with van der Waals surface area (Å²) in [6, 6.07) is 63.3. The van der Waals surface area contributed by atoms with Gasteiger partial charge in [0, 0.05) is 195 Å². The van der Waals surface area contributed by atoms with Crippen molar-refractivity contribution in [3.8, 4) is 0 Å². The van der Waals surface area contributed by atoms with Crippen molar-refractivity contribution in [1.82, 2.24) is 0 Å². The van der Waals surface area contributed by atoms with E-state index in [0.717, 1.165) is 195 Å². The van der Waals surface area contributed by atoms with E-state index < -0.39 is 0 Å². The first-order valence-electron chi connectivity index (χ1n) is 35.5. The van der Waals surface area contributed by atoms with Gasteiger partial charge in [0.05, 0.1) is 0 Å². The number of benzene rings is 8. The van der Waals surface area contributed by atoms with Gasteiger partial charge in [-0.2, -0.15) is 0 Å². The first kappa shape index (κ1) is 83.8. The Morgan fingerprint density at radius 2 is 0.235 bits per heavy atom. The highest BCUT2D eigenvalue weighted by Crippen LogP contribution is 2.26. The van der Waals surface area contributed by atoms with Crippen molar-refractivity contribution < 1.29 is 19.2 Å². The number of carbonyl (C=O) groups is 4. The molecule has 0 amide bonds. The zero-order chi connectivity index (χ0) is 70.1. The molecule has 0 unspecified atom stereocenters. The molecule has 528 valence electrons. The van der Waals surface area contributed by atoms with E-state index in [9.17, 15) is 19.2 Å². The summed E-state index contributed by atoms with van der Waals surface area (Å²) in [5, 5.41) is 0. The van der Waals surface area contributed by atoms with Crippen molar-refractivity contribution in [2.45, 2.75) is 111 Å². The van der Waals surface area contributed by atoms with Crippen LogP contribution in [0.15, 0.2) is 194 Å². The van der Waals surface area contributed by atoms with Crippen LogP contribution in [0.3, 0.4) is 0 Å². The molecule has 98 heavy (non-hydrogen) atoms. The van der Waals surface area contributed by atoms with Crippen LogP contribution >= 0.6 is 0 Å². The Bertz CT molecular complexity index is 2810. The van der Waals surface area contributed by atoms with E-state index in [1.54, 1.807) is 0 Å². The van der Waals surface area contributed by atoms with Crippen molar-refractivity contribution in [2.75, 3.05) is 144 Å². The average Bonchev–Trinajstić information content (AvgIpc) is 1.40. The molecule has 14 heteroatoms. The van der Waals surface area contributed by atoms with E-state index >= 15 is 0 Å². The molecule has 0 bridgehead atoms. The Morgan fingerprint density at radius 3 is 0.296 bits per heavy atom. The number of nitrogens with zero attached hydrogens (tertiary/aromatic N) is 8. The molecule has 12 nitrogen and oxygen atoms in total. The summed E-state index contributed by atoms with van der Waals surface area (Å²) in [5.74, 6) is 0.304. The highest BCUT2D eigenvalue weighted by atomic mass is 32.1. The molecule has 0 spiro atoms. The molecule has 0 radical (unpaired) electrons. The predicted molar refractivity (Wildman–Crippen MR) is 428 cm³/mol. The Hall–Kier alpha value is -8.46. The zero-order valence-corrected chi connectivity index (χ0v) is 63.4. The molecule has 0 heterocycles. The number of ketones is 4. The van der Waals surface area contributed by atoms with Crippen LogP contribution in [0.5, 0.6) is 0 Å². The lowest BCUT2D eigenvalue weighted by molar-refractivity contribution is 0.103. The van der Waals surface area contributed by atoms with Crippen molar-refractivity contribution in [3.63, 3.8) is 0 Å². The van der Waals surface area contributed by atoms with E-state index in [1.165, 1.54) is 0 Å². The summed E-state index contributed by atoms with van der Waals surface area (Å²) >= 11 is 0. The number of rotatable bonds is 32. The number of anilines is 8. The molecular formula is C84H112N8O4S2-4. The molecule has 0 saturated carbocycles. The molecule has 0 saturated heterocycles. The number of carbonyl (C=O) groups excluding carboxylic acids is 4. The third-order valence-corrected chi connectivity index (χ3v) is 18.1. The Morgan fingerprint density at radius 1 is 0.163 bits per heavy atom. The zero-order valence-electron chi connectivity index (χ0n) is 61.8. The lowest BCUT2D eigenvalue weighted by Crippen LogP contribution is -2.22. The summed E-state index contributed by atoms with van der Waals surface area (Å²) in [6.07, 6.45) is 0. The molecule has 0 aliphatic carbocycles. The second-order valence-corrected chi connectivity index (χ2v) is 23.1. The summed E-state index contributed by atoms with van der Waals surface area (Å²) in [6.45, 7) is 49.7. The minimum Gasteiger partial charge on any atom is -2.00 e. The molecule has 8 aromatic rings. The standard InChI is InChI=1S/4C21H28N2O.2S/c4*1-5-22(6-2)19-13-9-17(10-14-19)21(24)18-11-15-20(16-12-18)23(7-3)8-4;;/h4*9-16H,5-8H2,1-4H3;;/q;;;;2*-2. The minimum absolute atomic E-state index is 0. The third-order valence-electron chi connectivity index (χ3n) is 18.1. The number of hydrogen-bond donors (Lipinski definition) is 0. The lowest BCUT2D eigenvalue weighted by atomic mass is 10.0. The molecule has 8 rings (SSSR count). The normalized spacial score (nSPS) is 10.3. The molecule has 0 N–H and O–H groups in total. The van der Waals surface area contributed by atoms with Gasteiger partial charge >= 0.3 is 0 Å². The minimum atomic E-state index is 0. The smallest absolute Gasteiger partial charge is 0.193 e. The van der Waals surface area contributed by atoms with Crippen LogP contribution in [0.4, 0.5) is 45.5 Å².